The van der Waals surface area contributed by atoms with Crippen molar-refractivity contribution in [2.24, 2.45) is 0 Å². The normalized spacial score (nSPS) is 12.2. The van der Waals surface area contributed by atoms with Crippen LogP contribution in [0.5, 0.6) is 0 Å². The summed E-state index contributed by atoms with van der Waals surface area (Å²) in [4.78, 5) is 20.7. The molecule has 3 aromatic rings. The van der Waals surface area contributed by atoms with Gasteiger partial charge in [-0.1, -0.05) is 30.0 Å². The number of pyridine rings is 1. The standard InChI is InChI=1S/C18H19N3OS2/c1-13(14-6-4-10-19-12-14)20-17(22)9-5-11-23-18-21-15-7-2-3-8-16(15)24-18/h2-4,6-8,10,12-13H,5,9,11H2,1H3,(H,20,22)/t13-/m1/s1. The van der Waals surface area contributed by atoms with Crippen molar-refractivity contribution in [3.05, 3.63) is 54.4 Å². The SMILES string of the molecule is C[C@@H](NC(=O)CCCSc1nc2ccccc2s1)c1cccnc1. The van der Waals surface area contributed by atoms with Crippen molar-refractivity contribution in [2.75, 3.05) is 5.75 Å². The highest BCUT2D eigenvalue weighted by atomic mass is 32.2. The fourth-order valence-electron chi connectivity index (χ4n) is 2.33. The van der Waals surface area contributed by atoms with Gasteiger partial charge in [-0.25, -0.2) is 4.98 Å². The maximum absolute atomic E-state index is 12.0. The van der Waals surface area contributed by atoms with Crippen LogP contribution >= 0.6 is 23.1 Å². The molecule has 4 nitrogen and oxygen atoms in total. The number of para-hydroxylation sites is 1. The molecule has 1 amide bonds. The molecular formula is C18H19N3OS2. The Morgan fingerprint density at radius 3 is 2.96 bits per heavy atom. The zero-order valence-corrected chi connectivity index (χ0v) is 15.1. The molecule has 124 valence electrons. The molecule has 0 spiro atoms. The number of rotatable bonds is 7. The van der Waals surface area contributed by atoms with Crippen LogP contribution in [0.1, 0.15) is 31.4 Å². The molecule has 0 unspecified atom stereocenters. The third-order valence-electron chi connectivity index (χ3n) is 3.61. The van der Waals surface area contributed by atoms with E-state index in [-0.39, 0.29) is 11.9 Å². The fraction of sp³-hybridized carbons (Fsp3) is 0.278. The number of nitrogens with one attached hydrogen (secondary N) is 1. The highest BCUT2D eigenvalue weighted by Gasteiger charge is 2.10. The zero-order valence-electron chi connectivity index (χ0n) is 13.4. The van der Waals surface area contributed by atoms with E-state index in [1.165, 1.54) is 4.70 Å². The number of thiazole rings is 1. The summed E-state index contributed by atoms with van der Waals surface area (Å²) in [7, 11) is 0. The summed E-state index contributed by atoms with van der Waals surface area (Å²) in [5.74, 6) is 0.977. The number of benzene rings is 1. The lowest BCUT2D eigenvalue weighted by atomic mass is 10.1. The minimum atomic E-state index is -0.0110. The van der Waals surface area contributed by atoms with Gasteiger partial charge < -0.3 is 5.32 Å². The lowest BCUT2D eigenvalue weighted by molar-refractivity contribution is -0.121. The topological polar surface area (TPSA) is 54.9 Å². The Labute approximate surface area is 149 Å². The van der Waals surface area contributed by atoms with Crippen LogP contribution in [0.3, 0.4) is 0 Å². The first kappa shape index (κ1) is 16.9. The summed E-state index contributed by atoms with van der Waals surface area (Å²) in [5.41, 5.74) is 2.07. The van der Waals surface area contributed by atoms with Gasteiger partial charge in [-0.15, -0.1) is 11.3 Å². The second-order valence-electron chi connectivity index (χ2n) is 5.48. The summed E-state index contributed by atoms with van der Waals surface area (Å²) in [5, 5.41) is 3.02. The Kier molecular flexibility index (Phi) is 5.82. The molecule has 0 saturated carbocycles. The molecule has 3 rings (SSSR count). The van der Waals surface area contributed by atoms with Crippen molar-refractivity contribution in [1.29, 1.82) is 0 Å². The number of aromatic nitrogens is 2. The summed E-state index contributed by atoms with van der Waals surface area (Å²) in [6.07, 6.45) is 4.89. The summed E-state index contributed by atoms with van der Waals surface area (Å²) in [6.45, 7) is 1.98. The molecule has 2 heterocycles. The minimum Gasteiger partial charge on any atom is -0.350 e. The van der Waals surface area contributed by atoms with Crippen LogP contribution in [0.4, 0.5) is 0 Å². The molecule has 0 fully saturated rings. The van der Waals surface area contributed by atoms with E-state index in [1.807, 2.05) is 37.3 Å². The smallest absolute Gasteiger partial charge is 0.220 e. The van der Waals surface area contributed by atoms with Crippen molar-refractivity contribution < 1.29 is 4.79 Å². The Balaban J connectivity index is 1.40. The zero-order chi connectivity index (χ0) is 16.8. The highest BCUT2D eigenvalue weighted by molar-refractivity contribution is 8.01. The van der Waals surface area contributed by atoms with Gasteiger partial charge in [0.05, 0.1) is 16.3 Å². The van der Waals surface area contributed by atoms with E-state index in [1.54, 1.807) is 35.5 Å². The van der Waals surface area contributed by atoms with Gasteiger partial charge in [0.1, 0.15) is 0 Å². The van der Waals surface area contributed by atoms with E-state index in [0.29, 0.717) is 6.42 Å². The first-order chi connectivity index (χ1) is 11.7. The molecule has 0 aliphatic carbocycles. The Morgan fingerprint density at radius 1 is 1.29 bits per heavy atom. The van der Waals surface area contributed by atoms with Crippen molar-refractivity contribution in [2.45, 2.75) is 30.1 Å². The molecule has 2 aromatic heterocycles. The molecule has 1 atom stereocenters. The Bertz CT molecular complexity index is 771. The van der Waals surface area contributed by atoms with E-state index in [0.717, 1.165) is 27.6 Å². The van der Waals surface area contributed by atoms with Crippen LogP contribution in [-0.2, 0) is 4.79 Å². The third kappa shape index (κ3) is 4.55. The molecule has 0 aliphatic heterocycles. The van der Waals surface area contributed by atoms with Crippen molar-refractivity contribution in [3.63, 3.8) is 0 Å². The number of carbonyl (C=O) groups is 1. The number of amides is 1. The quantitative estimate of drug-likeness (QED) is 0.502. The number of hydrogen-bond donors (Lipinski definition) is 1. The van der Waals surface area contributed by atoms with Crippen LogP contribution in [0.2, 0.25) is 0 Å². The maximum Gasteiger partial charge on any atom is 0.220 e. The lowest BCUT2D eigenvalue weighted by Crippen LogP contribution is -2.26. The monoisotopic (exact) mass is 357 g/mol. The average molecular weight is 358 g/mol. The second-order valence-corrected chi connectivity index (χ2v) is 7.85. The van der Waals surface area contributed by atoms with Crippen molar-refractivity contribution in [1.82, 2.24) is 15.3 Å². The number of fused-ring (bicyclic) bond motifs is 1. The summed E-state index contributed by atoms with van der Waals surface area (Å²) >= 11 is 3.43. The number of hydrogen-bond acceptors (Lipinski definition) is 5. The third-order valence-corrected chi connectivity index (χ3v) is 5.88. The van der Waals surface area contributed by atoms with Crippen LogP contribution in [0.15, 0.2) is 53.1 Å². The fourth-order valence-corrected chi connectivity index (χ4v) is 4.41. The number of carbonyl (C=O) groups excluding carboxylic acids is 1. The number of nitrogens with zero attached hydrogens (tertiary/aromatic N) is 2. The first-order valence-electron chi connectivity index (χ1n) is 7.90. The maximum atomic E-state index is 12.0. The first-order valence-corrected chi connectivity index (χ1v) is 9.70. The molecular weight excluding hydrogens is 338 g/mol. The van der Waals surface area contributed by atoms with Crippen LogP contribution < -0.4 is 5.32 Å². The predicted molar refractivity (Wildman–Crippen MR) is 100 cm³/mol. The van der Waals surface area contributed by atoms with Crippen LogP contribution in [-0.4, -0.2) is 21.6 Å². The van der Waals surface area contributed by atoms with Gasteiger partial charge in [-0.2, -0.15) is 0 Å². The number of thioether (sulfide) groups is 1. The Morgan fingerprint density at radius 2 is 2.17 bits per heavy atom. The molecule has 6 heteroatoms. The van der Waals surface area contributed by atoms with E-state index < -0.39 is 0 Å². The largest absolute Gasteiger partial charge is 0.350 e. The molecule has 0 bridgehead atoms. The van der Waals surface area contributed by atoms with Gasteiger partial charge in [0.2, 0.25) is 5.91 Å². The van der Waals surface area contributed by atoms with Gasteiger partial charge >= 0.3 is 0 Å². The van der Waals surface area contributed by atoms with Crippen LogP contribution in [0, 0.1) is 0 Å². The molecule has 24 heavy (non-hydrogen) atoms. The Hall–Kier alpha value is -1.92. The summed E-state index contributed by atoms with van der Waals surface area (Å²) in [6, 6.07) is 12.0. The lowest BCUT2D eigenvalue weighted by Gasteiger charge is -2.13. The second kappa shape index (κ2) is 8.26. The molecule has 0 saturated heterocycles. The molecule has 0 radical (unpaired) electrons. The molecule has 0 aliphatic rings. The van der Waals surface area contributed by atoms with Gasteiger partial charge in [0, 0.05) is 24.6 Å². The van der Waals surface area contributed by atoms with Gasteiger partial charge in [0.15, 0.2) is 4.34 Å². The minimum absolute atomic E-state index is 0.0110. The van der Waals surface area contributed by atoms with Crippen molar-refractivity contribution in [3.8, 4) is 0 Å². The predicted octanol–water partition coefficient (Wildman–Crippen LogP) is 4.44. The average Bonchev–Trinajstić information content (AvgIpc) is 3.02. The highest BCUT2D eigenvalue weighted by Crippen LogP contribution is 2.29. The van der Waals surface area contributed by atoms with Crippen molar-refractivity contribution >= 4 is 39.2 Å². The van der Waals surface area contributed by atoms with E-state index >= 15 is 0 Å². The van der Waals surface area contributed by atoms with E-state index in [9.17, 15) is 4.79 Å². The van der Waals surface area contributed by atoms with Crippen LogP contribution in [0.25, 0.3) is 10.2 Å². The van der Waals surface area contributed by atoms with Gasteiger partial charge in [0.25, 0.3) is 0 Å². The van der Waals surface area contributed by atoms with E-state index in [4.69, 9.17) is 0 Å². The van der Waals surface area contributed by atoms with E-state index in [2.05, 4.69) is 21.4 Å². The summed E-state index contributed by atoms with van der Waals surface area (Å²) < 4.78 is 2.28. The molecule has 1 aromatic carbocycles. The van der Waals surface area contributed by atoms with Gasteiger partial charge in [-0.3, -0.25) is 9.78 Å². The molecule has 1 N–H and O–H groups in total. The van der Waals surface area contributed by atoms with Gasteiger partial charge in [-0.05, 0) is 37.1 Å².